The second kappa shape index (κ2) is 5.35. The number of benzene rings is 2. The number of hydrogen-bond acceptors (Lipinski definition) is 2. The maximum Gasteiger partial charge on any atom is 0.129 e. The molecule has 0 saturated heterocycles. The molecule has 2 nitrogen and oxygen atoms in total. The van der Waals surface area contributed by atoms with Crippen LogP contribution in [0.2, 0.25) is 5.02 Å². The predicted molar refractivity (Wildman–Crippen MR) is 80.7 cm³/mol. The Morgan fingerprint density at radius 2 is 2.10 bits per heavy atom. The van der Waals surface area contributed by atoms with E-state index >= 15 is 0 Å². The number of fused-ring (bicyclic) bond motifs is 1. The molecule has 0 bridgehead atoms. The fraction of sp³-hybridized carbons (Fsp3) is 0.200. The molecular weight excluding hydrogens is 345 g/mol. The molecule has 1 heterocycles. The van der Waals surface area contributed by atoms with Crippen LogP contribution < -0.4 is 10.5 Å². The average Bonchev–Trinajstić information content (AvgIpc) is 2.86. The molecule has 0 fully saturated rings. The van der Waals surface area contributed by atoms with E-state index in [0.717, 1.165) is 11.3 Å². The Labute approximate surface area is 129 Å². The Kier molecular flexibility index (Phi) is 3.71. The first-order chi connectivity index (χ1) is 9.58. The molecule has 0 spiro atoms. The Hall–Kier alpha value is -1.10. The number of halogens is 3. The van der Waals surface area contributed by atoms with Crippen molar-refractivity contribution in [2.75, 3.05) is 6.61 Å². The number of nitrogens with two attached hydrogens (primary N) is 1. The summed E-state index contributed by atoms with van der Waals surface area (Å²) in [6.07, 6.45) is 0. The van der Waals surface area contributed by atoms with Gasteiger partial charge in [-0.2, -0.15) is 0 Å². The SMILES string of the molecule is NC(c1cc(Cl)c(Br)cc1F)C1COc2ccccc21. The molecule has 104 valence electrons. The van der Waals surface area contributed by atoms with Crippen molar-refractivity contribution in [3.63, 3.8) is 0 Å². The number of para-hydroxylation sites is 1. The predicted octanol–water partition coefficient (Wildman–Crippen LogP) is 4.42. The van der Waals surface area contributed by atoms with E-state index in [2.05, 4.69) is 15.9 Å². The Balaban J connectivity index is 1.98. The first-order valence-electron chi connectivity index (χ1n) is 6.19. The number of ether oxygens (including phenoxy) is 1. The average molecular weight is 357 g/mol. The van der Waals surface area contributed by atoms with E-state index < -0.39 is 6.04 Å². The minimum atomic E-state index is -0.496. The Morgan fingerprint density at radius 1 is 1.35 bits per heavy atom. The summed E-state index contributed by atoms with van der Waals surface area (Å²) in [6, 6.07) is 10.1. The third-order valence-corrected chi connectivity index (χ3v) is 4.77. The van der Waals surface area contributed by atoms with Crippen molar-refractivity contribution in [2.24, 2.45) is 5.73 Å². The van der Waals surface area contributed by atoms with Gasteiger partial charge in [-0.05, 0) is 34.1 Å². The molecule has 2 unspecified atom stereocenters. The minimum absolute atomic E-state index is 0.0713. The smallest absolute Gasteiger partial charge is 0.129 e. The minimum Gasteiger partial charge on any atom is -0.493 e. The van der Waals surface area contributed by atoms with Gasteiger partial charge >= 0.3 is 0 Å². The van der Waals surface area contributed by atoms with Crippen LogP contribution in [0.5, 0.6) is 5.75 Å². The number of rotatable bonds is 2. The van der Waals surface area contributed by atoms with E-state index in [1.807, 2.05) is 24.3 Å². The molecule has 0 amide bonds. The van der Waals surface area contributed by atoms with Crippen molar-refractivity contribution in [3.8, 4) is 5.75 Å². The van der Waals surface area contributed by atoms with Crippen LogP contribution in [-0.4, -0.2) is 6.61 Å². The molecule has 0 radical (unpaired) electrons. The van der Waals surface area contributed by atoms with Crippen molar-refractivity contribution in [3.05, 3.63) is 62.8 Å². The fourth-order valence-electron chi connectivity index (χ4n) is 2.49. The molecule has 1 aliphatic heterocycles. The van der Waals surface area contributed by atoms with Crippen LogP contribution in [0.3, 0.4) is 0 Å². The summed E-state index contributed by atoms with van der Waals surface area (Å²) in [6.45, 7) is 0.452. The molecule has 5 heteroatoms. The fourth-order valence-corrected chi connectivity index (χ4v) is 2.98. The zero-order valence-corrected chi connectivity index (χ0v) is 12.8. The van der Waals surface area contributed by atoms with Crippen molar-refractivity contribution < 1.29 is 9.13 Å². The van der Waals surface area contributed by atoms with E-state index in [0.29, 0.717) is 21.7 Å². The zero-order chi connectivity index (χ0) is 14.3. The van der Waals surface area contributed by atoms with E-state index in [1.54, 1.807) is 6.07 Å². The molecule has 2 atom stereocenters. The third kappa shape index (κ3) is 2.32. The summed E-state index contributed by atoms with van der Waals surface area (Å²) in [7, 11) is 0. The standard InChI is InChI=1S/C15H12BrClFNO/c16-11-6-13(18)9(5-12(11)17)15(19)10-7-20-14-4-2-1-3-8(10)14/h1-6,10,15H,7,19H2. The van der Waals surface area contributed by atoms with E-state index in [1.165, 1.54) is 6.07 Å². The molecule has 0 saturated carbocycles. The molecule has 0 aromatic heterocycles. The first kappa shape index (κ1) is 13.9. The lowest BCUT2D eigenvalue weighted by molar-refractivity contribution is 0.313. The van der Waals surface area contributed by atoms with Crippen LogP contribution in [0.4, 0.5) is 4.39 Å². The van der Waals surface area contributed by atoms with Crippen molar-refractivity contribution >= 4 is 27.5 Å². The molecule has 2 N–H and O–H groups in total. The summed E-state index contributed by atoms with van der Waals surface area (Å²) in [5.74, 6) is 0.382. The maximum atomic E-state index is 14.1. The Morgan fingerprint density at radius 3 is 2.90 bits per heavy atom. The van der Waals surface area contributed by atoms with Gasteiger partial charge in [0.2, 0.25) is 0 Å². The van der Waals surface area contributed by atoms with Crippen LogP contribution in [-0.2, 0) is 0 Å². The summed E-state index contributed by atoms with van der Waals surface area (Å²) in [5, 5.41) is 0.448. The highest BCUT2D eigenvalue weighted by Crippen LogP contribution is 2.41. The van der Waals surface area contributed by atoms with Crippen molar-refractivity contribution in [1.29, 1.82) is 0 Å². The summed E-state index contributed by atoms with van der Waals surface area (Å²) in [5.41, 5.74) is 7.66. The van der Waals surface area contributed by atoms with E-state index in [4.69, 9.17) is 22.1 Å². The lowest BCUT2D eigenvalue weighted by Crippen LogP contribution is -2.22. The second-order valence-corrected chi connectivity index (χ2v) is 6.03. The molecule has 2 aromatic carbocycles. The zero-order valence-electron chi connectivity index (χ0n) is 10.4. The van der Waals surface area contributed by atoms with Gasteiger partial charge in [0.25, 0.3) is 0 Å². The summed E-state index contributed by atoms with van der Waals surface area (Å²) >= 11 is 9.24. The summed E-state index contributed by atoms with van der Waals surface area (Å²) < 4.78 is 20.2. The molecule has 0 aliphatic carbocycles. The van der Waals surface area contributed by atoms with Gasteiger partial charge in [-0.3, -0.25) is 0 Å². The molecule has 20 heavy (non-hydrogen) atoms. The van der Waals surface area contributed by atoms with Gasteiger partial charge in [0.05, 0.1) is 11.6 Å². The lowest BCUT2D eigenvalue weighted by Gasteiger charge is -2.20. The highest BCUT2D eigenvalue weighted by Gasteiger charge is 2.31. The molecule has 3 rings (SSSR count). The van der Waals surface area contributed by atoms with Gasteiger partial charge in [0.1, 0.15) is 11.6 Å². The van der Waals surface area contributed by atoms with Crippen molar-refractivity contribution in [1.82, 2.24) is 0 Å². The highest BCUT2D eigenvalue weighted by atomic mass is 79.9. The molecular formula is C15H12BrClFNO. The van der Waals surface area contributed by atoms with Gasteiger partial charge in [-0.25, -0.2) is 4.39 Å². The Bertz CT molecular complexity index is 664. The largest absolute Gasteiger partial charge is 0.493 e. The van der Waals surface area contributed by atoms with Gasteiger partial charge in [-0.15, -0.1) is 0 Å². The van der Waals surface area contributed by atoms with Gasteiger partial charge in [0.15, 0.2) is 0 Å². The van der Waals surface area contributed by atoms with Crippen LogP contribution in [0.15, 0.2) is 40.9 Å². The van der Waals surface area contributed by atoms with E-state index in [-0.39, 0.29) is 11.7 Å². The molecule has 1 aliphatic rings. The summed E-state index contributed by atoms with van der Waals surface area (Å²) in [4.78, 5) is 0. The third-order valence-electron chi connectivity index (χ3n) is 3.57. The van der Waals surface area contributed by atoms with Crippen LogP contribution in [0.25, 0.3) is 0 Å². The number of hydrogen-bond donors (Lipinski definition) is 1. The van der Waals surface area contributed by atoms with Gasteiger partial charge < -0.3 is 10.5 Å². The second-order valence-electron chi connectivity index (χ2n) is 4.77. The van der Waals surface area contributed by atoms with Crippen LogP contribution in [0.1, 0.15) is 23.1 Å². The maximum absolute atomic E-state index is 14.1. The van der Waals surface area contributed by atoms with Gasteiger partial charge in [0, 0.05) is 27.6 Å². The van der Waals surface area contributed by atoms with Crippen molar-refractivity contribution in [2.45, 2.75) is 12.0 Å². The molecule has 2 aromatic rings. The van der Waals surface area contributed by atoms with E-state index in [9.17, 15) is 4.39 Å². The normalized spacial score (nSPS) is 18.5. The topological polar surface area (TPSA) is 35.2 Å². The highest BCUT2D eigenvalue weighted by molar-refractivity contribution is 9.10. The van der Waals surface area contributed by atoms with Crippen LogP contribution >= 0.6 is 27.5 Å². The monoisotopic (exact) mass is 355 g/mol. The first-order valence-corrected chi connectivity index (χ1v) is 7.37. The van der Waals surface area contributed by atoms with Crippen LogP contribution in [0, 0.1) is 5.82 Å². The van der Waals surface area contributed by atoms with Gasteiger partial charge in [-0.1, -0.05) is 29.8 Å². The quantitative estimate of drug-likeness (QED) is 0.809. The lowest BCUT2D eigenvalue weighted by atomic mass is 9.89.